The number of hydrogen-bond donors (Lipinski definition) is 1. The summed E-state index contributed by atoms with van der Waals surface area (Å²) in [5.41, 5.74) is 1.59. The molecule has 2 rings (SSSR count). The fourth-order valence-electron chi connectivity index (χ4n) is 1.74. The van der Waals surface area contributed by atoms with E-state index in [1.165, 1.54) is 0 Å². The molecular weight excluding hydrogens is 218 g/mol. The minimum atomic E-state index is -0.000863. The number of aryl methyl sites for hydroxylation is 1. The lowest BCUT2D eigenvalue weighted by atomic mass is 10.1. The molecule has 0 spiro atoms. The van der Waals surface area contributed by atoms with Crippen molar-refractivity contribution in [3.8, 4) is 5.75 Å². The number of hydrogen-bond acceptors (Lipinski definition) is 3. The zero-order chi connectivity index (χ0) is 12.3. The summed E-state index contributed by atoms with van der Waals surface area (Å²) >= 11 is 0. The van der Waals surface area contributed by atoms with Gasteiger partial charge in [-0.3, -0.25) is 0 Å². The summed E-state index contributed by atoms with van der Waals surface area (Å²) in [5, 5.41) is 12.3. The fraction of sp³-hybridized carbons (Fsp3) is 0.250. The molecule has 17 heavy (non-hydrogen) atoms. The topological polar surface area (TPSA) is 58.5 Å². The second kappa shape index (κ2) is 4.78. The first kappa shape index (κ1) is 11.3. The first-order valence-corrected chi connectivity index (χ1v) is 5.30. The lowest BCUT2D eigenvalue weighted by Gasteiger charge is -2.03. The van der Waals surface area contributed by atoms with Crippen molar-refractivity contribution in [2.24, 2.45) is 12.2 Å². The van der Waals surface area contributed by atoms with Gasteiger partial charge in [-0.25, -0.2) is 9.13 Å². The SMILES string of the molecule is C[n+]1ccn(Cc2ccc(O)c(CN=O)c2)c1. The summed E-state index contributed by atoms with van der Waals surface area (Å²) in [6.45, 7) is 0.701. The van der Waals surface area contributed by atoms with Gasteiger partial charge < -0.3 is 5.11 Å². The smallest absolute Gasteiger partial charge is 0.243 e. The van der Waals surface area contributed by atoms with Crippen LogP contribution in [0.3, 0.4) is 0 Å². The van der Waals surface area contributed by atoms with Gasteiger partial charge in [-0.1, -0.05) is 11.2 Å². The summed E-state index contributed by atoms with van der Waals surface area (Å²) in [6.07, 6.45) is 5.88. The second-order valence-electron chi connectivity index (χ2n) is 4.00. The molecule has 1 aromatic heterocycles. The number of benzene rings is 1. The Hall–Kier alpha value is -2.17. The third kappa shape index (κ3) is 2.69. The molecule has 0 atom stereocenters. The van der Waals surface area contributed by atoms with Crippen LogP contribution in [0.1, 0.15) is 11.1 Å². The van der Waals surface area contributed by atoms with Crippen LogP contribution in [0.4, 0.5) is 0 Å². The lowest BCUT2D eigenvalue weighted by Crippen LogP contribution is -2.23. The van der Waals surface area contributed by atoms with E-state index in [9.17, 15) is 10.0 Å². The summed E-state index contributed by atoms with van der Waals surface area (Å²) in [7, 11) is 1.95. The molecule has 0 amide bonds. The molecule has 0 fully saturated rings. The Morgan fingerprint density at radius 2 is 2.29 bits per heavy atom. The Labute approximate surface area is 98.9 Å². The van der Waals surface area contributed by atoms with Gasteiger partial charge in [0.05, 0.1) is 7.05 Å². The van der Waals surface area contributed by atoms with Crippen molar-refractivity contribution in [3.63, 3.8) is 0 Å². The maximum atomic E-state index is 10.2. The van der Waals surface area contributed by atoms with E-state index in [2.05, 4.69) is 5.18 Å². The average molecular weight is 232 g/mol. The highest BCUT2D eigenvalue weighted by molar-refractivity contribution is 5.36. The molecule has 1 heterocycles. The number of nitroso groups, excluding NO2 is 1. The van der Waals surface area contributed by atoms with Gasteiger partial charge in [0.15, 0.2) is 0 Å². The molecule has 0 unspecified atom stereocenters. The molecule has 0 aliphatic heterocycles. The second-order valence-corrected chi connectivity index (χ2v) is 4.00. The number of nitrogens with zero attached hydrogens (tertiary/aromatic N) is 3. The van der Waals surface area contributed by atoms with Gasteiger partial charge >= 0.3 is 0 Å². The van der Waals surface area contributed by atoms with Crippen molar-refractivity contribution in [1.82, 2.24) is 4.57 Å². The van der Waals surface area contributed by atoms with E-state index < -0.39 is 0 Å². The molecule has 0 aliphatic rings. The monoisotopic (exact) mass is 232 g/mol. The highest BCUT2D eigenvalue weighted by Crippen LogP contribution is 2.19. The van der Waals surface area contributed by atoms with Crippen LogP contribution in [-0.2, 0) is 20.1 Å². The van der Waals surface area contributed by atoms with Crippen LogP contribution in [-0.4, -0.2) is 9.67 Å². The summed E-state index contributed by atoms with van der Waals surface area (Å²) < 4.78 is 3.97. The van der Waals surface area contributed by atoms with Crippen molar-refractivity contribution in [2.75, 3.05) is 0 Å². The summed E-state index contributed by atoms with van der Waals surface area (Å²) in [5.74, 6) is 0.117. The molecule has 5 heteroatoms. The largest absolute Gasteiger partial charge is 0.508 e. The van der Waals surface area contributed by atoms with Crippen molar-refractivity contribution in [3.05, 3.63) is 53.0 Å². The Bertz CT molecular complexity index is 534. The zero-order valence-electron chi connectivity index (χ0n) is 9.58. The zero-order valence-corrected chi connectivity index (χ0v) is 9.58. The molecule has 0 saturated heterocycles. The van der Waals surface area contributed by atoms with E-state index in [4.69, 9.17) is 0 Å². The van der Waals surface area contributed by atoms with E-state index in [0.717, 1.165) is 5.56 Å². The Morgan fingerprint density at radius 3 is 2.94 bits per heavy atom. The first-order chi connectivity index (χ1) is 8.19. The van der Waals surface area contributed by atoms with Crippen LogP contribution < -0.4 is 4.57 Å². The van der Waals surface area contributed by atoms with Crippen molar-refractivity contribution < 1.29 is 9.67 Å². The van der Waals surface area contributed by atoms with E-state index in [1.54, 1.807) is 12.1 Å². The number of aromatic nitrogens is 2. The van der Waals surface area contributed by atoms with Crippen LogP contribution >= 0.6 is 0 Å². The van der Waals surface area contributed by atoms with Crippen LogP contribution in [0.2, 0.25) is 0 Å². The normalized spacial score (nSPS) is 10.4. The van der Waals surface area contributed by atoms with Crippen molar-refractivity contribution >= 4 is 0 Å². The first-order valence-electron chi connectivity index (χ1n) is 5.30. The van der Waals surface area contributed by atoms with Gasteiger partial charge in [0, 0.05) is 5.56 Å². The van der Waals surface area contributed by atoms with Gasteiger partial charge in [0.1, 0.15) is 31.2 Å². The maximum Gasteiger partial charge on any atom is 0.243 e. The van der Waals surface area contributed by atoms with Gasteiger partial charge in [-0.2, -0.15) is 4.91 Å². The predicted octanol–water partition coefficient (Wildman–Crippen LogP) is 1.33. The molecule has 88 valence electrons. The van der Waals surface area contributed by atoms with Crippen LogP contribution in [0.25, 0.3) is 0 Å². The van der Waals surface area contributed by atoms with Gasteiger partial charge in [-0.05, 0) is 17.7 Å². The van der Waals surface area contributed by atoms with Gasteiger partial charge in [-0.15, -0.1) is 0 Å². The quantitative estimate of drug-likeness (QED) is 0.638. The molecule has 2 aromatic rings. The highest BCUT2D eigenvalue weighted by Gasteiger charge is 2.06. The van der Waals surface area contributed by atoms with E-state index in [-0.39, 0.29) is 12.3 Å². The molecule has 0 aliphatic carbocycles. The van der Waals surface area contributed by atoms with E-state index >= 15 is 0 Å². The van der Waals surface area contributed by atoms with E-state index in [1.807, 2.05) is 41.0 Å². The average Bonchev–Trinajstić information content (AvgIpc) is 2.69. The number of aromatic hydroxyl groups is 1. The molecule has 5 nitrogen and oxygen atoms in total. The number of imidazole rings is 1. The van der Waals surface area contributed by atoms with Crippen LogP contribution in [0.15, 0.2) is 42.1 Å². The predicted molar refractivity (Wildman–Crippen MR) is 62.3 cm³/mol. The molecule has 1 aromatic carbocycles. The third-order valence-electron chi connectivity index (χ3n) is 2.57. The Balaban J connectivity index is 2.21. The van der Waals surface area contributed by atoms with Gasteiger partial charge in [0.2, 0.25) is 6.33 Å². The maximum absolute atomic E-state index is 10.2. The molecule has 1 N–H and O–H groups in total. The summed E-state index contributed by atoms with van der Waals surface area (Å²) in [6, 6.07) is 5.24. The van der Waals surface area contributed by atoms with Crippen LogP contribution in [0.5, 0.6) is 5.75 Å². The van der Waals surface area contributed by atoms with E-state index in [0.29, 0.717) is 12.1 Å². The minimum Gasteiger partial charge on any atom is -0.508 e. The fourth-order valence-corrected chi connectivity index (χ4v) is 1.74. The Kier molecular flexibility index (Phi) is 3.18. The minimum absolute atomic E-state index is 0.000863. The van der Waals surface area contributed by atoms with Crippen molar-refractivity contribution in [1.29, 1.82) is 0 Å². The molecule has 0 radical (unpaired) electrons. The molecule has 0 bridgehead atoms. The summed E-state index contributed by atoms with van der Waals surface area (Å²) in [4.78, 5) is 10.2. The number of phenolic OH excluding ortho intramolecular Hbond substituents is 1. The standard InChI is InChI=1S/C12H13N3O2/c1-14-4-5-15(9-14)8-10-2-3-12(16)11(6-10)7-13-17/h2-6,9H,7-8H2,1H3/p+1. The van der Waals surface area contributed by atoms with Gasteiger partial charge in [0.25, 0.3) is 0 Å². The molecular formula is C12H14N3O2+. The Morgan fingerprint density at radius 1 is 1.47 bits per heavy atom. The van der Waals surface area contributed by atoms with Crippen molar-refractivity contribution in [2.45, 2.75) is 13.1 Å². The van der Waals surface area contributed by atoms with Crippen LogP contribution in [0, 0.1) is 4.91 Å². The molecule has 0 saturated carbocycles. The number of phenols is 1. The third-order valence-corrected chi connectivity index (χ3v) is 2.57. The lowest BCUT2D eigenvalue weighted by molar-refractivity contribution is -0.671. The highest BCUT2D eigenvalue weighted by atomic mass is 16.3. The number of rotatable bonds is 4.